The molecule has 1 aliphatic rings. The van der Waals surface area contributed by atoms with Gasteiger partial charge >= 0.3 is 0 Å². The van der Waals surface area contributed by atoms with Gasteiger partial charge in [-0.15, -0.1) is 0 Å². The smallest absolute Gasteiger partial charge is 0.165 e. The highest BCUT2D eigenvalue weighted by atomic mass is 35.5. The maximum absolute atomic E-state index is 10.4. The quantitative estimate of drug-likeness (QED) is 0.897. The number of nitrogens with one attached hydrogen (secondary N) is 1. The first-order valence-corrected chi connectivity index (χ1v) is 7.38. The third-order valence-electron chi connectivity index (χ3n) is 3.37. The van der Waals surface area contributed by atoms with E-state index >= 15 is 0 Å². The molecule has 1 atom stereocenters. The molecule has 5 heteroatoms. The van der Waals surface area contributed by atoms with Crippen LogP contribution in [0, 0.1) is 0 Å². The van der Waals surface area contributed by atoms with E-state index in [0.29, 0.717) is 30.5 Å². The van der Waals surface area contributed by atoms with E-state index in [-0.39, 0.29) is 5.92 Å². The van der Waals surface area contributed by atoms with Crippen LogP contribution in [0.4, 0.5) is 0 Å². The van der Waals surface area contributed by atoms with Crippen molar-refractivity contribution < 1.29 is 14.6 Å². The van der Waals surface area contributed by atoms with E-state index in [2.05, 4.69) is 19.2 Å². The van der Waals surface area contributed by atoms with Crippen LogP contribution in [0.15, 0.2) is 6.07 Å². The van der Waals surface area contributed by atoms with Crippen LogP contribution in [0.5, 0.6) is 11.5 Å². The number of hydrogen-bond donors (Lipinski definition) is 2. The van der Waals surface area contributed by atoms with Crippen LogP contribution in [0.25, 0.3) is 0 Å². The molecule has 2 N–H and O–H groups in total. The average molecular weight is 300 g/mol. The van der Waals surface area contributed by atoms with Crippen molar-refractivity contribution in [2.24, 2.45) is 0 Å². The summed E-state index contributed by atoms with van der Waals surface area (Å²) < 4.78 is 11.6. The Kier molecular flexibility index (Phi) is 5.13. The maximum atomic E-state index is 10.4. The van der Waals surface area contributed by atoms with Gasteiger partial charge in [0.15, 0.2) is 11.5 Å². The summed E-state index contributed by atoms with van der Waals surface area (Å²) in [5, 5.41) is 13.9. The molecule has 0 radical (unpaired) electrons. The first kappa shape index (κ1) is 15.4. The van der Waals surface area contributed by atoms with Crippen molar-refractivity contribution in [3.8, 4) is 11.5 Å². The van der Waals surface area contributed by atoms with Crippen LogP contribution >= 0.6 is 11.6 Å². The van der Waals surface area contributed by atoms with Crippen LogP contribution in [0.1, 0.15) is 43.4 Å². The molecule has 0 aliphatic carbocycles. The highest BCUT2D eigenvalue weighted by Crippen LogP contribution is 2.45. The van der Waals surface area contributed by atoms with Gasteiger partial charge in [0, 0.05) is 30.2 Å². The van der Waals surface area contributed by atoms with Gasteiger partial charge in [0.1, 0.15) is 0 Å². The largest absolute Gasteiger partial charge is 0.489 e. The van der Waals surface area contributed by atoms with Gasteiger partial charge in [-0.05, 0) is 13.0 Å². The van der Waals surface area contributed by atoms with Crippen LogP contribution in [0.2, 0.25) is 5.02 Å². The van der Waals surface area contributed by atoms with Crippen LogP contribution in [-0.4, -0.2) is 31.9 Å². The van der Waals surface area contributed by atoms with Crippen molar-refractivity contribution in [3.63, 3.8) is 0 Å². The Morgan fingerprint density at radius 3 is 2.65 bits per heavy atom. The third-order valence-corrected chi connectivity index (χ3v) is 3.69. The van der Waals surface area contributed by atoms with Gasteiger partial charge < -0.3 is 19.9 Å². The fourth-order valence-electron chi connectivity index (χ4n) is 2.52. The molecule has 1 unspecified atom stereocenters. The molecule has 0 amide bonds. The Bertz CT molecular complexity index is 477. The normalized spacial score (nSPS) is 16.1. The molecule has 1 heterocycles. The van der Waals surface area contributed by atoms with Crippen LogP contribution < -0.4 is 14.8 Å². The Labute approximate surface area is 125 Å². The van der Waals surface area contributed by atoms with Gasteiger partial charge in [-0.2, -0.15) is 0 Å². The molecule has 4 nitrogen and oxygen atoms in total. The predicted octanol–water partition coefficient (Wildman–Crippen LogP) is 2.88. The second-order valence-electron chi connectivity index (χ2n) is 5.29. The van der Waals surface area contributed by atoms with Crippen LogP contribution in [-0.2, 0) is 0 Å². The minimum absolute atomic E-state index is 0.186. The summed E-state index contributed by atoms with van der Waals surface area (Å²) in [7, 11) is 1.80. The van der Waals surface area contributed by atoms with Gasteiger partial charge in [-0.25, -0.2) is 0 Å². The number of ether oxygens (including phenoxy) is 2. The van der Waals surface area contributed by atoms with Crippen molar-refractivity contribution in [1.29, 1.82) is 0 Å². The highest BCUT2D eigenvalue weighted by Gasteiger charge is 2.26. The summed E-state index contributed by atoms with van der Waals surface area (Å²) in [5.74, 6) is 1.59. The molecule has 1 aliphatic heterocycles. The zero-order valence-corrected chi connectivity index (χ0v) is 13.0. The SMILES string of the molecule is CNCC(O)c1c(Cl)cc2c(c1C(C)C)OCCCO2. The first-order valence-electron chi connectivity index (χ1n) is 7.00. The summed E-state index contributed by atoms with van der Waals surface area (Å²) in [4.78, 5) is 0. The van der Waals surface area contributed by atoms with E-state index in [9.17, 15) is 5.11 Å². The molecule has 0 bridgehead atoms. The van der Waals surface area contributed by atoms with E-state index in [1.807, 2.05) is 0 Å². The monoisotopic (exact) mass is 299 g/mol. The standard InChI is InChI=1S/C15H22ClNO3/c1-9(2)13-14(11(18)8-17-3)10(16)7-12-15(13)20-6-4-5-19-12/h7,9,11,17-18H,4-6,8H2,1-3H3. The first-order chi connectivity index (χ1) is 9.56. The number of aliphatic hydroxyl groups is 1. The number of benzene rings is 1. The topological polar surface area (TPSA) is 50.7 Å². The van der Waals surface area contributed by atoms with Crippen molar-refractivity contribution in [1.82, 2.24) is 5.32 Å². The zero-order chi connectivity index (χ0) is 14.7. The average Bonchev–Trinajstić information content (AvgIpc) is 2.61. The molecule has 0 spiro atoms. The number of halogens is 1. The lowest BCUT2D eigenvalue weighted by atomic mass is 9.92. The molecule has 0 fully saturated rings. The summed E-state index contributed by atoms with van der Waals surface area (Å²) in [6.45, 7) is 5.82. The lowest BCUT2D eigenvalue weighted by Crippen LogP contribution is -2.19. The number of rotatable bonds is 4. The van der Waals surface area contributed by atoms with Gasteiger partial charge in [-0.1, -0.05) is 25.4 Å². The van der Waals surface area contributed by atoms with Crippen molar-refractivity contribution in [2.75, 3.05) is 26.8 Å². The maximum Gasteiger partial charge on any atom is 0.165 e. The fraction of sp³-hybridized carbons (Fsp3) is 0.600. The third kappa shape index (κ3) is 3.03. The molecule has 0 saturated carbocycles. The van der Waals surface area contributed by atoms with E-state index < -0.39 is 6.10 Å². The summed E-state index contributed by atoms with van der Waals surface area (Å²) >= 11 is 6.37. The van der Waals surface area contributed by atoms with E-state index in [1.165, 1.54) is 0 Å². The van der Waals surface area contributed by atoms with Crippen molar-refractivity contribution in [3.05, 3.63) is 22.2 Å². The second kappa shape index (κ2) is 6.66. The van der Waals surface area contributed by atoms with Crippen molar-refractivity contribution in [2.45, 2.75) is 32.3 Å². The van der Waals surface area contributed by atoms with E-state index in [4.69, 9.17) is 21.1 Å². The molecular weight excluding hydrogens is 278 g/mol. The predicted molar refractivity (Wildman–Crippen MR) is 80.0 cm³/mol. The molecule has 112 valence electrons. The molecule has 2 rings (SSSR count). The number of likely N-dealkylation sites (N-methyl/N-ethyl adjacent to an activating group) is 1. The molecule has 0 aromatic heterocycles. The van der Waals surface area contributed by atoms with Crippen LogP contribution in [0.3, 0.4) is 0 Å². The van der Waals surface area contributed by atoms with Gasteiger partial charge in [0.2, 0.25) is 0 Å². The lowest BCUT2D eigenvalue weighted by molar-refractivity contribution is 0.175. The van der Waals surface area contributed by atoms with Gasteiger partial charge in [0.25, 0.3) is 0 Å². The summed E-state index contributed by atoms with van der Waals surface area (Å²) in [6.07, 6.45) is 0.181. The Morgan fingerprint density at radius 1 is 1.30 bits per heavy atom. The fourth-order valence-corrected chi connectivity index (χ4v) is 2.85. The Balaban J connectivity index is 2.58. The van der Waals surface area contributed by atoms with E-state index in [1.54, 1.807) is 13.1 Å². The minimum atomic E-state index is -0.665. The molecule has 1 aromatic rings. The molecular formula is C15H22ClNO3. The lowest BCUT2D eigenvalue weighted by Gasteiger charge is -2.23. The Hall–Kier alpha value is -0.970. The number of aliphatic hydroxyl groups excluding tert-OH is 1. The molecule has 0 saturated heterocycles. The highest BCUT2D eigenvalue weighted by molar-refractivity contribution is 6.31. The zero-order valence-electron chi connectivity index (χ0n) is 12.2. The van der Waals surface area contributed by atoms with Gasteiger partial charge in [-0.3, -0.25) is 0 Å². The van der Waals surface area contributed by atoms with Gasteiger partial charge in [0.05, 0.1) is 24.3 Å². The minimum Gasteiger partial charge on any atom is -0.489 e. The molecule has 20 heavy (non-hydrogen) atoms. The van der Waals surface area contributed by atoms with E-state index in [0.717, 1.165) is 23.3 Å². The second-order valence-corrected chi connectivity index (χ2v) is 5.70. The number of fused-ring (bicyclic) bond motifs is 1. The van der Waals surface area contributed by atoms with Crippen molar-refractivity contribution >= 4 is 11.6 Å². The summed E-state index contributed by atoms with van der Waals surface area (Å²) in [5.41, 5.74) is 1.68. The Morgan fingerprint density at radius 2 is 2.00 bits per heavy atom. The number of hydrogen-bond acceptors (Lipinski definition) is 4. The molecule has 1 aromatic carbocycles. The summed E-state index contributed by atoms with van der Waals surface area (Å²) in [6, 6.07) is 1.75.